The van der Waals surface area contributed by atoms with Gasteiger partial charge in [-0.1, -0.05) is 30.3 Å². The minimum atomic E-state index is -0.548. The molecule has 0 amide bonds. The smallest absolute Gasteiger partial charge is 0.343 e. The second-order valence-electron chi connectivity index (χ2n) is 6.84. The Kier molecular flexibility index (Phi) is 4.25. The van der Waals surface area contributed by atoms with E-state index in [2.05, 4.69) is 0 Å². The van der Waals surface area contributed by atoms with Crippen LogP contribution in [0.4, 0.5) is 0 Å². The number of ether oxygens (including phenoxy) is 3. The van der Waals surface area contributed by atoms with Crippen molar-refractivity contribution < 1.29 is 23.4 Å². The molecule has 3 aromatic carbocycles. The number of fused-ring (bicyclic) bond motifs is 2. The zero-order valence-corrected chi connectivity index (χ0v) is 16.0. The van der Waals surface area contributed by atoms with E-state index < -0.39 is 5.97 Å². The second-order valence-corrected chi connectivity index (χ2v) is 6.84. The second kappa shape index (κ2) is 7.08. The molecule has 5 rings (SSSR count). The zero-order chi connectivity index (χ0) is 20.7. The van der Waals surface area contributed by atoms with E-state index in [0.717, 1.165) is 5.56 Å². The van der Waals surface area contributed by atoms with Gasteiger partial charge in [0.25, 0.3) is 0 Å². The predicted molar refractivity (Wildman–Crippen MR) is 110 cm³/mol. The first-order valence-corrected chi connectivity index (χ1v) is 9.35. The molecule has 0 fully saturated rings. The van der Waals surface area contributed by atoms with Crippen LogP contribution in [0.25, 0.3) is 22.1 Å². The van der Waals surface area contributed by atoms with Crippen molar-refractivity contribution in [1.82, 2.24) is 0 Å². The van der Waals surface area contributed by atoms with E-state index >= 15 is 0 Å². The number of hydrogen-bond acceptors (Lipinski definition) is 6. The monoisotopic (exact) mass is 400 g/mol. The molecule has 148 valence electrons. The summed E-state index contributed by atoms with van der Waals surface area (Å²) in [5, 5.41) is 0.419. The normalized spacial score (nSPS) is 12.2. The summed E-state index contributed by atoms with van der Waals surface area (Å²) in [5.41, 5.74) is 1.87. The molecule has 1 aromatic heterocycles. The maximum Gasteiger partial charge on any atom is 0.343 e. The Balaban J connectivity index is 1.48. The minimum Gasteiger partial charge on any atom is -0.460 e. The fourth-order valence-electron chi connectivity index (χ4n) is 3.48. The van der Waals surface area contributed by atoms with Crippen LogP contribution in [0, 0.1) is 6.92 Å². The van der Waals surface area contributed by atoms with Crippen LogP contribution in [-0.2, 0) is 0 Å². The highest BCUT2D eigenvalue weighted by Crippen LogP contribution is 2.33. The highest BCUT2D eigenvalue weighted by molar-refractivity contribution is 5.92. The first-order chi connectivity index (χ1) is 14.6. The number of rotatable bonds is 3. The van der Waals surface area contributed by atoms with Gasteiger partial charge in [0, 0.05) is 6.07 Å². The Morgan fingerprint density at radius 2 is 1.73 bits per heavy atom. The SMILES string of the molecule is Cc1oc2cc(OC(=O)c3ccc4c(c3)OCO4)ccc2c(=O)c1-c1ccccc1. The summed E-state index contributed by atoms with van der Waals surface area (Å²) < 4.78 is 21.9. The van der Waals surface area contributed by atoms with Gasteiger partial charge in [-0.3, -0.25) is 4.79 Å². The quantitative estimate of drug-likeness (QED) is 0.366. The molecule has 0 radical (unpaired) electrons. The third-order valence-electron chi connectivity index (χ3n) is 4.92. The van der Waals surface area contributed by atoms with Crippen LogP contribution in [0.2, 0.25) is 0 Å². The molecule has 1 aliphatic rings. The van der Waals surface area contributed by atoms with Gasteiger partial charge in [-0.05, 0) is 42.8 Å². The molecule has 0 saturated heterocycles. The molecule has 0 spiro atoms. The Hall–Kier alpha value is -4.06. The van der Waals surface area contributed by atoms with E-state index in [1.807, 2.05) is 30.3 Å². The van der Waals surface area contributed by atoms with Crippen molar-refractivity contribution >= 4 is 16.9 Å². The van der Waals surface area contributed by atoms with Crippen LogP contribution >= 0.6 is 0 Å². The summed E-state index contributed by atoms with van der Waals surface area (Å²) in [7, 11) is 0. The Labute approximate surface area is 171 Å². The molecule has 6 heteroatoms. The van der Waals surface area contributed by atoms with Gasteiger partial charge in [0.1, 0.15) is 17.1 Å². The lowest BCUT2D eigenvalue weighted by molar-refractivity contribution is 0.0734. The van der Waals surface area contributed by atoms with Crippen molar-refractivity contribution in [3.8, 4) is 28.4 Å². The molecule has 1 aliphatic heterocycles. The van der Waals surface area contributed by atoms with Crippen LogP contribution in [0.3, 0.4) is 0 Å². The molecule has 0 unspecified atom stereocenters. The number of hydrogen-bond donors (Lipinski definition) is 0. The van der Waals surface area contributed by atoms with Gasteiger partial charge < -0.3 is 18.6 Å². The standard InChI is InChI=1S/C24H16O6/c1-14-22(15-5-3-2-4-6-15)23(25)18-9-8-17(12-20(18)29-14)30-24(26)16-7-10-19-21(11-16)28-13-27-19/h2-12H,13H2,1H3. The van der Waals surface area contributed by atoms with Gasteiger partial charge in [0.15, 0.2) is 11.5 Å². The molecule has 0 N–H and O–H groups in total. The van der Waals surface area contributed by atoms with Gasteiger partial charge in [-0.2, -0.15) is 0 Å². The number of carbonyl (C=O) groups is 1. The summed E-state index contributed by atoms with van der Waals surface area (Å²) in [4.78, 5) is 25.5. The molecule has 2 heterocycles. The van der Waals surface area contributed by atoms with Gasteiger partial charge in [-0.15, -0.1) is 0 Å². The van der Waals surface area contributed by atoms with Crippen molar-refractivity contribution in [2.24, 2.45) is 0 Å². The number of benzene rings is 3. The Morgan fingerprint density at radius 1 is 0.933 bits per heavy atom. The summed E-state index contributed by atoms with van der Waals surface area (Å²) in [6, 6.07) is 18.9. The lowest BCUT2D eigenvalue weighted by Crippen LogP contribution is -2.10. The number of carbonyl (C=O) groups excluding carboxylic acids is 1. The van der Waals surface area contributed by atoms with Gasteiger partial charge in [0.2, 0.25) is 12.2 Å². The van der Waals surface area contributed by atoms with Gasteiger partial charge >= 0.3 is 5.97 Å². The molecular weight excluding hydrogens is 384 g/mol. The van der Waals surface area contributed by atoms with Crippen molar-refractivity contribution in [3.63, 3.8) is 0 Å². The zero-order valence-electron chi connectivity index (χ0n) is 16.0. The molecule has 0 saturated carbocycles. The third kappa shape index (κ3) is 3.08. The van der Waals surface area contributed by atoms with Crippen molar-refractivity contribution in [1.29, 1.82) is 0 Å². The minimum absolute atomic E-state index is 0.127. The lowest BCUT2D eigenvalue weighted by Gasteiger charge is -2.09. The summed E-state index contributed by atoms with van der Waals surface area (Å²) >= 11 is 0. The highest BCUT2D eigenvalue weighted by Gasteiger charge is 2.18. The van der Waals surface area contributed by atoms with Crippen molar-refractivity contribution in [2.45, 2.75) is 6.92 Å². The van der Waals surface area contributed by atoms with E-state index in [-0.39, 0.29) is 18.0 Å². The molecular formula is C24H16O6. The van der Waals surface area contributed by atoms with E-state index in [1.54, 1.807) is 43.3 Å². The molecule has 0 aliphatic carbocycles. The summed E-state index contributed by atoms with van der Waals surface area (Å²) in [6.45, 7) is 1.87. The van der Waals surface area contributed by atoms with E-state index in [9.17, 15) is 9.59 Å². The molecule has 0 bridgehead atoms. The van der Waals surface area contributed by atoms with Gasteiger partial charge in [0.05, 0.1) is 16.5 Å². The van der Waals surface area contributed by atoms with Crippen molar-refractivity contribution in [3.05, 3.63) is 88.3 Å². The molecule has 30 heavy (non-hydrogen) atoms. The predicted octanol–water partition coefficient (Wildman–Crippen LogP) is 4.72. The molecule has 0 atom stereocenters. The largest absolute Gasteiger partial charge is 0.460 e. The summed E-state index contributed by atoms with van der Waals surface area (Å²) in [5.74, 6) is 1.31. The molecule has 4 aromatic rings. The van der Waals surface area contributed by atoms with E-state index in [0.29, 0.717) is 39.4 Å². The van der Waals surface area contributed by atoms with Crippen LogP contribution in [0.1, 0.15) is 16.1 Å². The number of aryl methyl sites for hydroxylation is 1. The van der Waals surface area contributed by atoms with Gasteiger partial charge in [-0.25, -0.2) is 4.79 Å². The van der Waals surface area contributed by atoms with E-state index in [4.69, 9.17) is 18.6 Å². The fraction of sp³-hybridized carbons (Fsp3) is 0.0833. The first-order valence-electron chi connectivity index (χ1n) is 9.35. The summed E-state index contributed by atoms with van der Waals surface area (Å²) in [6.07, 6.45) is 0. The Morgan fingerprint density at radius 3 is 2.57 bits per heavy atom. The average molecular weight is 400 g/mol. The fourth-order valence-corrected chi connectivity index (χ4v) is 3.48. The first kappa shape index (κ1) is 18.0. The maximum absolute atomic E-state index is 13.0. The highest BCUT2D eigenvalue weighted by atomic mass is 16.7. The van der Waals surface area contributed by atoms with Crippen molar-refractivity contribution in [2.75, 3.05) is 6.79 Å². The number of esters is 1. The Bertz CT molecular complexity index is 1340. The van der Waals surface area contributed by atoms with Crippen LogP contribution < -0.4 is 19.6 Å². The molecule has 6 nitrogen and oxygen atoms in total. The van der Waals surface area contributed by atoms with Crippen LogP contribution in [0.5, 0.6) is 17.2 Å². The topological polar surface area (TPSA) is 75.0 Å². The van der Waals surface area contributed by atoms with Crippen LogP contribution in [-0.4, -0.2) is 12.8 Å². The third-order valence-corrected chi connectivity index (χ3v) is 4.92. The van der Waals surface area contributed by atoms with Crippen LogP contribution in [0.15, 0.2) is 75.9 Å². The average Bonchev–Trinajstić information content (AvgIpc) is 3.22. The van der Waals surface area contributed by atoms with E-state index in [1.165, 1.54) is 0 Å². The lowest BCUT2D eigenvalue weighted by atomic mass is 10.0. The maximum atomic E-state index is 13.0.